The van der Waals surface area contributed by atoms with E-state index in [1.165, 1.54) is 12.8 Å². The van der Waals surface area contributed by atoms with Crippen LogP contribution in [-0.4, -0.2) is 6.71 Å². The average Bonchev–Trinajstić information content (AvgIpc) is 2.73. The zero-order valence-corrected chi connectivity index (χ0v) is 20.7. The maximum atomic E-state index is 2.75. The molecule has 0 nitrogen and oxygen atoms in total. The standard InChI is InChI=1S/C14H17.C4H11Si.2CH3.Hf/c1-10-8-11-6-5-7-13(12(11)9-10)14(2,3)4;1-2-3-4-5;;;/h5-9H,1-4H3;2-5H2,1H3;2*1H3;. The fourth-order valence-corrected chi connectivity index (χ4v) is 34.9. The van der Waals surface area contributed by atoms with Crippen LogP contribution in [0.4, 0.5) is 0 Å². The Morgan fingerprint density at radius 1 is 1.18 bits per heavy atom. The molecule has 1 aliphatic rings. The van der Waals surface area contributed by atoms with E-state index in [9.17, 15) is 0 Å². The second-order valence-corrected chi connectivity index (χ2v) is 46.7. The first-order valence-corrected chi connectivity index (χ1v) is 27.6. The Balaban J connectivity index is 2.38. The molecule has 0 heterocycles. The number of fused-ring (bicyclic) bond motifs is 1. The Labute approximate surface area is 143 Å². The van der Waals surface area contributed by atoms with Crippen LogP contribution in [0, 0.1) is 0 Å². The van der Waals surface area contributed by atoms with Crippen LogP contribution in [0.1, 0.15) is 67.8 Å². The van der Waals surface area contributed by atoms with E-state index in [-0.39, 0.29) is 12.1 Å². The zero-order valence-electron chi connectivity index (χ0n) is 15.7. The third-order valence-corrected chi connectivity index (χ3v) is 36.8. The minimum atomic E-state index is -2.10. The summed E-state index contributed by atoms with van der Waals surface area (Å²) in [6, 6.07) is 8.70. The van der Waals surface area contributed by atoms with Crippen molar-refractivity contribution in [2.75, 3.05) is 0 Å². The maximum absolute atomic E-state index is 2.75. The normalized spacial score (nSPS) is 18.9. The predicted molar refractivity (Wildman–Crippen MR) is 102 cm³/mol. The fourth-order valence-electron chi connectivity index (χ4n) is 4.22. The molecule has 2 rings (SSSR count). The molecule has 0 saturated heterocycles. The monoisotopic (exact) mass is 482 g/mol. The number of rotatable bonds is 5. The molecule has 0 spiro atoms. The summed E-state index contributed by atoms with van der Waals surface area (Å²) in [6.07, 6.45) is 5.39. The minimum absolute atomic E-state index is 0.162. The van der Waals surface area contributed by atoms with Crippen molar-refractivity contribution in [3.05, 3.63) is 40.5 Å². The van der Waals surface area contributed by atoms with Crippen molar-refractivity contribution in [2.45, 2.75) is 72.0 Å². The SMILES string of the molecule is CCCC[SiH2][Hf]([CH3])([CH3])[CH]1C(C)=Cc2c1cccc2C(C)(C)C. The molecular formula is C20H34HfSi. The summed E-state index contributed by atoms with van der Waals surface area (Å²) in [6.45, 7) is 12.0. The molecule has 1 atom stereocenters. The molecule has 1 aliphatic carbocycles. The van der Waals surface area contributed by atoms with Gasteiger partial charge in [0.1, 0.15) is 0 Å². The van der Waals surface area contributed by atoms with E-state index < -0.39 is 19.1 Å². The number of hydrogen-bond acceptors (Lipinski definition) is 0. The van der Waals surface area contributed by atoms with Crippen molar-refractivity contribution in [3.8, 4) is 0 Å². The summed E-state index contributed by atoms with van der Waals surface area (Å²) in [7, 11) is 0. The van der Waals surface area contributed by atoms with Crippen molar-refractivity contribution in [3.63, 3.8) is 0 Å². The second kappa shape index (κ2) is 6.89. The molecule has 0 amide bonds. The number of unbranched alkanes of at least 4 members (excludes halogenated alkanes) is 1. The molecule has 0 aromatic heterocycles. The Morgan fingerprint density at radius 3 is 2.45 bits per heavy atom. The Hall–Kier alpha value is 0.0470. The number of allylic oxidation sites excluding steroid dienone is 1. The van der Waals surface area contributed by atoms with Crippen LogP contribution in [-0.2, 0) is 24.6 Å². The fraction of sp³-hybridized carbons (Fsp3) is 0.600. The van der Waals surface area contributed by atoms with E-state index in [4.69, 9.17) is 0 Å². The summed E-state index contributed by atoms with van der Waals surface area (Å²) >= 11 is -2.10. The van der Waals surface area contributed by atoms with E-state index >= 15 is 0 Å². The zero-order chi connectivity index (χ0) is 16.5. The molecule has 1 aromatic rings. The van der Waals surface area contributed by atoms with Gasteiger partial charge in [-0.15, -0.1) is 0 Å². The Kier molecular flexibility index (Phi) is 5.76. The number of hydrogen-bond donors (Lipinski definition) is 0. The van der Waals surface area contributed by atoms with Gasteiger partial charge in [-0.25, -0.2) is 0 Å². The van der Waals surface area contributed by atoms with Gasteiger partial charge in [-0.05, 0) is 0 Å². The third-order valence-electron chi connectivity index (χ3n) is 5.29. The van der Waals surface area contributed by atoms with Crippen molar-refractivity contribution in [1.29, 1.82) is 0 Å². The molecule has 22 heavy (non-hydrogen) atoms. The first-order chi connectivity index (χ1) is 10.2. The first kappa shape index (κ1) is 18.4. The molecule has 0 saturated carbocycles. The van der Waals surface area contributed by atoms with Gasteiger partial charge < -0.3 is 0 Å². The molecular weight excluding hydrogens is 447 g/mol. The van der Waals surface area contributed by atoms with Crippen molar-refractivity contribution in [1.82, 2.24) is 0 Å². The van der Waals surface area contributed by atoms with Gasteiger partial charge >= 0.3 is 144 Å². The predicted octanol–water partition coefficient (Wildman–Crippen LogP) is 5.99. The van der Waals surface area contributed by atoms with Crippen LogP contribution in [0.2, 0.25) is 15.4 Å². The van der Waals surface area contributed by atoms with Gasteiger partial charge in [0, 0.05) is 0 Å². The van der Waals surface area contributed by atoms with Gasteiger partial charge in [0.05, 0.1) is 0 Å². The Morgan fingerprint density at radius 2 is 1.86 bits per heavy atom. The topological polar surface area (TPSA) is 0 Å². The second-order valence-electron chi connectivity index (χ2n) is 8.83. The molecule has 122 valence electrons. The summed E-state index contributed by atoms with van der Waals surface area (Å²) in [4.78, 5) is 0. The van der Waals surface area contributed by atoms with Crippen LogP contribution in [0.5, 0.6) is 0 Å². The van der Waals surface area contributed by atoms with Gasteiger partial charge in [-0.3, -0.25) is 0 Å². The van der Waals surface area contributed by atoms with Crippen molar-refractivity contribution in [2.24, 2.45) is 0 Å². The van der Waals surface area contributed by atoms with Gasteiger partial charge in [-0.2, -0.15) is 0 Å². The van der Waals surface area contributed by atoms with Crippen LogP contribution in [0.25, 0.3) is 6.08 Å². The molecule has 0 N–H and O–H groups in total. The molecule has 0 bridgehead atoms. The van der Waals surface area contributed by atoms with Crippen LogP contribution >= 0.6 is 0 Å². The van der Waals surface area contributed by atoms with E-state index in [1.54, 1.807) is 28.3 Å². The molecule has 0 radical (unpaired) electrons. The molecule has 2 heteroatoms. The quantitative estimate of drug-likeness (QED) is 0.358. The summed E-state index contributed by atoms with van der Waals surface area (Å²) < 4.78 is 6.36. The van der Waals surface area contributed by atoms with Crippen LogP contribution in [0.3, 0.4) is 0 Å². The summed E-state index contributed by atoms with van der Waals surface area (Å²) in [5.41, 5.74) is 6.75. The van der Waals surface area contributed by atoms with E-state index in [1.807, 2.05) is 0 Å². The molecule has 0 fully saturated rings. The third kappa shape index (κ3) is 3.75. The van der Waals surface area contributed by atoms with E-state index in [2.05, 4.69) is 68.3 Å². The number of benzene rings is 1. The van der Waals surface area contributed by atoms with Gasteiger partial charge in [-0.1, -0.05) is 0 Å². The van der Waals surface area contributed by atoms with Crippen molar-refractivity contribution >= 4 is 12.8 Å². The molecule has 1 aromatic carbocycles. The molecule has 0 aliphatic heterocycles. The summed E-state index contributed by atoms with van der Waals surface area (Å²) in [5, 5.41) is 0. The van der Waals surface area contributed by atoms with Crippen molar-refractivity contribution < 1.29 is 19.1 Å². The summed E-state index contributed by atoms with van der Waals surface area (Å²) in [5.74, 6) is 0. The van der Waals surface area contributed by atoms with E-state index in [0.29, 0.717) is 0 Å². The van der Waals surface area contributed by atoms with Gasteiger partial charge in [0.2, 0.25) is 0 Å². The van der Waals surface area contributed by atoms with E-state index in [0.717, 1.165) is 3.67 Å². The van der Waals surface area contributed by atoms with Crippen LogP contribution in [0.15, 0.2) is 23.8 Å². The van der Waals surface area contributed by atoms with Gasteiger partial charge in [0.25, 0.3) is 0 Å². The first-order valence-electron chi connectivity index (χ1n) is 9.00. The van der Waals surface area contributed by atoms with Crippen LogP contribution < -0.4 is 0 Å². The van der Waals surface area contributed by atoms with Gasteiger partial charge in [0.15, 0.2) is 0 Å². The average molecular weight is 481 g/mol. The molecule has 1 unspecified atom stereocenters. The Bertz CT molecular complexity index is 564.